The molecule has 18 heavy (non-hydrogen) atoms. The van der Waals surface area contributed by atoms with Crippen LogP contribution in [-0.4, -0.2) is 12.5 Å². The maximum Gasteiger partial charge on any atom is 0.252 e. The lowest BCUT2D eigenvalue weighted by Crippen LogP contribution is -2.30. The topological polar surface area (TPSA) is 29.1 Å². The molecule has 1 aliphatic carbocycles. The predicted molar refractivity (Wildman–Crippen MR) is 85.8 cm³/mol. The Bertz CT molecular complexity index is 430. The molecule has 0 radical (unpaired) electrons. The van der Waals surface area contributed by atoms with Gasteiger partial charge in [-0.05, 0) is 75.5 Å². The third-order valence-electron chi connectivity index (χ3n) is 3.45. The Morgan fingerprint density at radius 1 is 1.33 bits per heavy atom. The molecule has 2 rings (SSSR count). The van der Waals surface area contributed by atoms with E-state index in [9.17, 15) is 4.79 Å². The Kier molecular flexibility index (Phi) is 5.48. The lowest BCUT2D eigenvalue weighted by molar-refractivity contribution is 0.0942. The SMILES string of the molecule is O=C(NCC1CCCCC1)c1cc(I)ccc1Br. The lowest BCUT2D eigenvalue weighted by Gasteiger charge is -2.21. The second-order valence-electron chi connectivity index (χ2n) is 4.84. The molecule has 1 fully saturated rings. The van der Waals surface area contributed by atoms with Gasteiger partial charge >= 0.3 is 0 Å². The molecule has 1 aliphatic rings. The minimum atomic E-state index is 0.0333. The van der Waals surface area contributed by atoms with Gasteiger partial charge in [-0.1, -0.05) is 19.3 Å². The van der Waals surface area contributed by atoms with Gasteiger partial charge in [0.25, 0.3) is 5.91 Å². The molecule has 1 aromatic carbocycles. The standard InChI is InChI=1S/C14H17BrINO/c15-13-7-6-11(16)8-12(13)14(18)17-9-10-4-2-1-3-5-10/h6-8,10H,1-5,9H2,(H,17,18). The van der Waals surface area contributed by atoms with Gasteiger partial charge < -0.3 is 5.32 Å². The summed E-state index contributed by atoms with van der Waals surface area (Å²) in [5.41, 5.74) is 0.734. The first-order valence-corrected chi connectivity index (χ1v) is 8.27. The first kappa shape index (κ1) is 14.3. The van der Waals surface area contributed by atoms with Gasteiger partial charge in [-0.3, -0.25) is 4.79 Å². The van der Waals surface area contributed by atoms with E-state index in [-0.39, 0.29) is 5.91 Å². The van der Waals surface area contributed by atoms with Crippen LogP contribution in [0.2, 0.25) is 0 Å². The van der Waals surface area contributed by atoms with Crippen LogP contribution in [0.25, 0.3) is 0 Å². The average molecular weight is 422 g/mol. The third-order valence-corrected chi connectivity index (χ3v) is 4.81. The van der Waals surface area contributed by atoms with E-state index < -0.39 is 0 Å². The summed E-state index contributed by atoms with van der Waals surface area (Å²) in [7, 11) is 0. The van der Waals surface area contributed by atoms with Gasteiger partial charge in [-0.25, -0.2) is 0 Å². The molecule has 1 N–H and O–H groups in total. The molecule has 0 atom stereocenters. The van der Waals surface area contributed by atoms with Crippen molar-refractivity contribution in [1.29, 1.82) is 0 Å². The Hall–Kier alpha value is -0.100. The van der Waals surface area contributed by atoms with Crippen LogP contribution in [0.15, 0.2) is 22.7 Å². The number of nitrogens with one attached hydrogen (secondary N) is 1. The fourth-order valence-corrected chi connectivity index (χ4v) is 3.31. The molecule has 0 unspecified atom stereocenters. The van der Waals surface area contributed by atoms with Crippen molar-refractivity contribution in [3.05, 3.63) is 31.8 Å². The number of amides is 1. The largest absolute Gasteiger partial charge is 0.352 e. The average Bonchev–Trinajstić information content (AvgIpc) is 2.40. The number of halogens is 2. The first-order valence-electron chi connectivity index (χ1n) is 6.40. The number of carbonyl (C=O) groups is 1. The van der Waals surface area contributed by atoms with Crippen LogP contribution >= 0.6 is 38.5 Å². The highest BCUT2D eigenvalue weighted by Crippen LogP contribution is 2.23. The van der Waals surface area contributed by atoms with E-state index in [0.29, 0.717) is 5.92 Å². The van der Waals surface area contributed by atoms with E-state index in [1.54, 1.807) is 0 Å². The second kappa shape index (κ2) is 6.89. The van der Waals surface area contributed by atoms with Crippen LogP contribution in [0, 0.1) is 9.49 Å². The smallest absolute Gasteiger partial charge is 0.252 e. The summed E-state index contributed by atoms with van der Waals surface area (Å²) in [6.45, 7) is 0.816. The zero-order valence-corrected chi connectivity index (χ0v) is 14.0. The van der Waals surface area contributed by atoms with Gasteiger partial charge in [0.2, 0.25) is 0 Å². The number of hydrogen-bond donors (Lipinski definition) is 1. The van der Waals surface area contributed by atoms with Crippen LogP contribution in [0.4, 0.5) is 0 Å². The van der Waals surface area contributed by atoms with Gasteiger partial charge in [0.1, 0.15) is 0 Å². The predicted octanol–water partition coefficient (Wildman–Crippen LogP) is 4.36. The van der Waals surface area contributed by atoms with Gasteiger partial charge in [0.05, 0.1) is 5.56 Å². The second-order valence-corrected chi connectivity index (χ2v) is 6.94. The maximum absolute atomic E-state index is 12.1. The highest BCUT2D eigenvalue weighted by molar-refractivity contribution is 14.1. The summed E-state index contributed by atoms with van der Waals surface area (Å²) in [6, 6.07) is 5.83. The molecule has 0 saturated heterocycles. The highest BCUT2D eigenvalue weighted by atomic mass is 127. The molecule has 1 aromatic rings. The molecular formula is C14H17BrINO. The zero-order valence-electron chi connectivity index (χ0n) is 10.2. The van der Waals surface area contributed by atoms with Crippen LogP contribution in [0.3, 0.4) is 0 Å². The Balaban J connectivity index is 1.92. The number of hydrogen-bond acceptors (Lipinski definition) is 1. The summed E-state index contributed by atoms with van der Waals surface area (Å²) < 4.78 is 1.95. The summed E-state index contributed by atoms with van der Waals surface area (Å²) in [5.74, 6) is 0.704. The number of benzene rings is 1. The molecule has 0 aromatic heterocycles. The van der Waals surface area contributed by atoms with Crippen molar-refractivity contribution < 1.29 is 4.79 Å². The van der Waals surface area contributed by atoms with E-state index in [0.717, 1.165) is 20.2 Å². The van der Waals surface area contributed by atoms with Crippen molar-refractivity contribution >= 4 is 44.4 Å². The Morgan fingerprint density at radius 2 is 2.06 bits per heavy atom. The fourth-order valence-electron chi connectivity index (χ4n) is 2.40. The van der Waals surface area contributed by atoms with E-state index in [4.69, 9.17) is 0 Å². The van der Waals surface area contributed by atoms with Crippen molar-refractivity contribution in [3.63, 3.8) is 0 Å². The normalized spacial score (nSPS) is 16.6. The van der Waals surface area contributed by atoms with Crippen LogP contribution in [0.1, 0.15) is 42.5 Å². The van der Waals surface area contributed by atoms with Crippen LogP contribution < -0.4 is 5.32 Å². The molecular weight excluding hydrogens is 405 g/mol. The highest BCUT2D eigenvalue weighted by Gasteiger charge is 2.16. The van der Waals surface area contributed by atoms with Crippen molar-refractivity contribution in [2.24, 2.45) is 5.92 Å². The maximum atomic E-state index is 12.1. The van der Waals surface area contributed by atoms with Gasteiger partial charge in [-0.15, -0.1) is 0 Å². The van der Waals surface area contributed by atoms with Crippen molar-refractivity contribution in [3.8, 4) is 0 Å². The third kappa shape index (κ3) is 3.95. The Labute approximate surface area is 130 Å². The molecule has 4 heteroatoms. The molecule has 1 amide bonds. The molecule has 1 saturated carbocycles. The molecule has 0 bridgehead atoms. The van der Waals surface area contributed by atoms with E-state index in [1.165, 1.54) is 32.1 Å². The monoisotopic (exact) mass is 421 g/mol. The number of carbonyl (C=O) groups excluding carboxylic acids is 1. The van der Waals surface area contributed by atoms with Gasteiger partial charge in [-0.2, -0.15) is 0 Å². The molecule has 98 valence electrons. The van der Waals surface area contributed by atoms with Crippen LogP contribution in [0.5, 0.6) is 0 Å². The zero-order chi connectivity index (χ0) is 13.0. The summed E-state index contributed by atoms with van der Waals surface area (Å²) in [6.07, 6.45) is 6.50. The van der Waals surface area contributed by atoms with E-state index in [2.05, 4.69) is 43.8 Å². The minimum Gasteiger partial charge on any atom is -0.352 e. The van der Waals surface area contributed by atoms with Crippen LogP contribution in [-0.2, 0) is 0 Å². The molecule has 0 spiro atoms. The molecule has 0 aliphatic heterocycles. The van der Waals surface area contributed by atoms with E-state index in [1.807, 2.05) is 18.2 Å². The summed E-state index contributed by atoms with van der Waals surface area (Å²) in [5, 5.41) is 3.06. The lowest BCUT2D eigenvalue weighted by atomic mass is 9.89. The Morgan fingerprint density at radius 3 is 2.78 bits per heavy atom. The van der Waals surface area contributed by atoms with Crippen molar-refractivity contribution in [2.75, 3.05) is 6.54 Å². The molecule has 0 heterocycles. The van der Waals surface area contributed by atoms with Crippen molar-refractivity contribution in [1.82, 2.24) is 5.32 Å². The molecule has 2 nitrogen and oxygen atoms in total. The summed E-state index contributed by atoms with van der Waals surface area (Å²) in [4.78, 5) is 12.1. The van der Waals surface area contributed by atoms with Crippen molar-refractivity contribution in [2.45, 2.75) is 32.1 Å². The van der Waals surface area contributed by atoms with Gasteiger partial charge in [0, 0.05) is 14.6 Å². The number of rotatable bonds is 3. The summed E-state index contributed by atoms with van der Waals surface area (Å²) >= 11 is 5.66. The van der Waals surface area contributed by atoms with Gasteiger partial charge in [0.15, 0.2) is 0 Å². The fraction of sp³-hybridized carbons (Fsp3) is 0.500. The first-order chi connectivity index (χ1) is 8.66. The van der Waals surface area contributed by atoms with E-state index >= 15 is 0 Å². The quantitative estimate of drug-likeness (QED) is 0.721. The minimum absolute atomic E-state index is 0.0333.